The molecule has 1 saturated carbocycles. The molecule has 0 saturated heterocycles. The first-order valence-electron chi connectivity index (χ1n) is 8.59. The number of hydrogen-bond donors (Lipinski definition) is 0. The van der Waals surface area contributed by atoms with Gasteiger partial charge in [-0.15, -0.1) is 0 Å². The molecule has 2 aliphatic rings. The highest BCUT2D eigenvalue weighted by atomic mass is 16.3. The van der Waals surface area contributed by atoms with E-state index in [1.54, 1.807) is 6.26 Å². The van der Waals surface area contributed by atoms with Crippen LogP contribution < -0.4 is 0 Å². The molecule has 0 aromatic carbocycles. The highest BCUT2D eigenvalue weighted by molar-refractivity contribution is 5.92. The minimum atomic E-state index is 0.200. The third-order valence-corrected chi connectivity index (χ3v) is 7.00. The summed E-state index contributed by atoms with van der Waals surface area (Å²) >= 11 is 0. The van der Waals surface area contributed by atoms with Crippen molar-refractivity contribution >= 4 is 5.78 Å². The number of carbonyl (C=O) groups is 1. The molecule has 1 aromatic heterocycles. The number of allylic oxidation sites excluding steroid dienone is 2. The van der Waals surface area contributed by atoms with Crippen molar-refractivity contribution in [3.8, 4) is 0 Å². The Morgan fingerprint density at radius 1 is 1.36 bits per heavy atom. The lowest BCUT2D eigenvalue weighted by Crippen LogP contribution is -2.51. The van der Waals surface area contributed by atoms with Crippen molar-refractivity contribution in [2.75, 3.05) is 0 Å². The van der Waals surface area contributed by atoms with Gasteiger partial charge in [-0.25, -0.2) is 0 Å². The van der Waals surface area contributed by atoms with Crippen LogP contribution >= 0.6 is 0 Å². The van der Waals surface area contributed by atoms with Crippen LogP contribution in [0.4, 0.5) is 0 Å². The van der Waals surface area contributed by atoms with Gasteiger partial charge in [0.15, 0.2) is 5.78 Å². The normalized spacial score (nSPS) is 38.5. The van der Waals surface area contributed by atoms with Crippen molar-refractivity contribution in [3.63, 3.8) is 0 Å². The number of aryl methyl sites for hydroxylation is 1. The molecule has 1 heterocycles. The van der Waals surface area contributed by atoms with Crippen LogP contribution in [0.15, 0.2) is 34.7 Å². The van der Waals surface area contributed by atoms with Gasteiger partial charge in [0.1, 0.15) is 0 Å². The maximum Gasteiger partial charge on any atom is 0.155 e. The van der Waals surface area contributed by atoms with Crippen molar-refractivity contribution in [2.24, 2.45) is 22.7 Å². The zero-order chi connectivity index (χ0) is 16.0. The largest absolute Gasteiger partial charge is 0.472 e. The third-order valence-electron chi connectivity index (χ3n) is 7.00. The first kappa shape index (κ1) is 15.6. The van der Waals surface area contributed by atoms with E-state index >= 15 is 0 Å². The average Bonchev–Trinajstić information content (AvgIpc) is 2.98. The van der Waals surface area contributed by atoms with Gasteiger partial charge in [-0.1, -0.05) is 26.3 Å². The molecule has 120 valence electrons. The maximum absolute atomic E-state index is 12.2. The molecule has 0 bridgehead atoms. The molecule has 3 rings (SSSR count). The van der Waals surface area contributed by atoms with Gasteiger partial charge in [0, 0.05) is 6.42 Å². The molecule has 0 N–H and O–H groups in total. The van der Waals surface area contributed by atoms with Crippen LogP contribution in [-0.4, -0.2) is 5.78 Å². The molecule has 0 aliphatic heterocycles. The van der Waals surface area contributed by atoms with Crippen LogP contribution in [-0.2, 0) is 11.2 Å². The number of carbonyl (C=O) groups excluding carboxylic acids is 1. The summed E-state index contributed by atoms with van der Waals surface area (Å²) in [4.78, 5) is 12.2. The molecule has 22 heavy (non-hydrogen) atoms. The second-order valence-corrected chi connectivity index (χ2v) is 8.04. The first-order valence-corrected chi connectivity index (χ1v) is 8.59. The molecule has 1 fully saturated rings. The minimum absolute atomic E-state index is 0.200. The highest BCUT2D eigenvalue weighted by Crippen LogP contribution is 2.61. The van der Waals surface area contributed by atoms with Crippen LogP contribution in [0.1, 0.15) is 58.9 Å². The van der Waals surface area contributed by atoms with Gasteiger partial charge in [0.25, 0.3) is 0 Å². The number of fused-ring (bicyclic) bond motifs is 1. The number of furan rings is 1. The van der Waals surface area contributed by atoms with Crippen LogP contribution in [0, 0.1) is 22.7 Å². The Kier molecular flexibility index (Phi) is 3.82. The fourth-order valence-corrected chi connectivity index (χ4v) is 4.96. The van der Waals surface area contributed by atoms with Crippen molar-refractivity contribution in [1.82, 2.24) is 0 Å². The lowest BCUT2D eigenvalue weighted by molar-refractivity contribution is -0.123. The second kappa shape index (κ2) is 5.40. The lowest BCUT2D eigenvalue weighted by Gasteiger charge is -2.57. The molecule has 2 heteroatoms. The summed E-state index contributed by atoms with van der Waals surface area (Å²) in [5.41, 5.74) is 2.99. The summed E-state index contributed by atoms with van der Waals surface area (Å²) in [7, 11) is 0. The Labute approximate surface area is 134 Å². The fraction of sp³-hybridized carbons (Fsp3) is 0.650. The van der Waals surface area contributed by atoms with Gasteiger partial charge in [-0.2, -0.15) is 0 Å². The maximum atomic E-state index is 12.2. The van der Waals surface area contributed by atoms with Gasteiger partial charge in [-0.3, -0.25) is 4.79 Å². The highest BCUT2D eigenvalue weighted by Gasteiger charge is 2.54. The van der Waals surface area contributed by atoms with E-state index in [0.29, 0.717) is 17.6 Å². The number of hydrogen-bond acceptors (Lipinski definition) is 2. The van der Waals surface area contributed by atoms with E-state index in [9.17, 15) is 4.79 Å². The zero-order valence-electron chi connectivity index (χ0n) is 14.3. The Balaban J connectivity index is 1.90. The number of rotatable bonds is 3. The molecule has 0 radical (unpaired) electrons. The summed E-state index contributed by atoms with van der Waals surface area (Å²) in [6.45, 7) is 9.35. The smallest absolute Gasteiger partial charge is 0.155 e. The standard InChI is InChI=1S/C20H28O2/c1-14-5-8-20(4)15(2)11-17(21)12-18(20)19(14,3)9-6-16-7-10-22-13-16/h7,10-11,13-14,18H,5-6,8-9,12H2,1-4H3/t14-,18+,19-,20-/m0/s1. The number of ketones is 1. The molecule has 1 aromatic rings. The Hall–Kier alpha value is -1.31. The summed E-state index contributed by atoms with van der Waals surface area (Å²) < 4.78 is 5.21. The summed E-state index contributed by atoms with van der Waals surface area (Å²) in [5, 5.41) is 0. The average molecular weight is 300 g/mol. The first-order chi connectivity index (χ1) is 10.4. The van der Waals surface area contributed by atoms with Crippen molar-refractivity contribution in [2.45, 2.75) is 59.8 Å². The van der Waals surface area contributed by atoms with Gasteiger partial charge in [0.05, 0.1) is 12.5 Å². The van der Waals surface area contributed by atoms with E-state index in [-0.39, 0.29) is 10.8 Å². The molecule has 0 unspecified atom stereocenters. The molecule has 2 nitrogen and oxygen atoms in total. The Morgan fingerprint density at radius 2 is 2.14 bits per heavy atom. The molecule has 0 spiro atoms. The predicted molar refractivity (Wildman–Crippen MR) is 88.5 cm³/mol. The van der Waals surface area contributed by atoms with E-state index in [4.69, 9.17) is 4.42 Å². The van der Waals surface area contributed by atoms with Crippen molar-refractivity contribution in [1.29, 1.82) is 0 Å². The zero-order valence-corrected chi connectivity index (χ0v) is 14.3. The van der Waals surface area contributed by atoms with E-state index in [1.165, 1.54) is 24.0 Å². The van der Waals surface area contributed by atoms with Crippen LogP contribution in [0.25, 0.3) is 0 Å². The van der Waals surface area contributed by atoms with Crippen LogP contribution in [0.2, 0.25) is 0 Å². The van der Waals surface area contributed by atoms with Gasteiger partial charge in [-0.05, 0) is 73.0 Å². The second-order valence-electron chi connectivity index (χ2n) is 8.04. The van der Waals surface area contributed by atoms with E-state index in [0.717, 1.165) is 19.3 Å². The van der Waals surface area contributed by atoms with Gasteiger partial charge in [0.2, 0.25) is 0 Å². The van der Waals surface area contributed by atoms with E-state index in [1.807, 2.05) is 12.3 Å². The SMILES string of the molecule is CC1=CC(=O)C[C@@H]2[C@@](C)(CCc3ccoc3)[C@@H](C)CC[C@@]12C. The minimum Gasteiger partial charge on any atom is -0.472 e. The predicted octanol–water partition coefficient (Wildman–Crippen LogP) is 5.19. The summed E-state index contributed by atoms with van der Waals surface area (Å²) in [5.74, 6) is 1.45. The molecule has 2 aliphatic carbocycles. The van der Waals surface area contributed by atoms with E-state index < -0.39 is 0 Å². The fourth-order valence-electron chi connectivity index (χ4n) is 4.96. The van der Waals surface area contributed by atoms with Crippen molar-refractivity contribution < 1.29 is 9.21 Å². The summed E-state index contributed by atoms with van der Waals surface area (Å²) in [6, 6.07) is 2.06. The van der Waals surface area contributed by atoms with Crippen molar-refractivity contribution in [3.05, 3.63) is 35.8 Å². The molecular weight excluding hydrogens is 272 g/mol. The van der Waals surface area contributed by atoms with E-state index in [2.05, 4.69) is 33.8 Å². The molecular formula is C20H28O2. The lowest BCUT2D eigenvalue weighted by atomic mass is 9.47. The monoisotopic (exact) mass is 300 g/mol. The van der Waals surface area contributed by atoms with Gasteiger partial charge >= 0.3 is 0 Å². The van der Waals surface area contributed by atoms with Gasteiger partial charge < -0.3 is 4.42 Å². The van der Waals surface area contributed by atoms with Crippen LogP contribution in [0.5, 0.6) is 0 Å². The third kappa shape index (κ3) is 2.37. The Morgan fingerprint density at radius 3 is 2.82 bits per heavy atom. The summed E-state index contributed by atoms with van der Waals surface area (Å²) in [6.07, 6.45) is 10.9. The van der Waals surface area contributed by atoms with Crippen LogP contribution in [0.3, 0.4) is 0 Å². The molecule has 4 atom stereocenters. The topological polar surface area (TPSA) is 30.2 Å². The quantitative estimate of drug-likeness (QED) is 0.769. The molecule has 0 amide bonds. The Bertz CT molecular complexity index is 583.